The molecule has 0 atom stereocenters. The van der Waals surface area contributed by atoms with Crippen LogP contribution in [0.3, 0.4) is 0 Å². The van der Waals surface area contributed by atoms with Crippen LogP contribution in [0.1, 0.15) is 10.4 Å². The van der Waals surface area contributed by atoms with Gasteiger partial charge < -0.3 is 9.47 Å². The normalized spacial score (nSPS) is 9.89. The number of methoxy groups -OCH3 is 1. The van der Waals surface area contributed by atoms with Crippen molar-refractivity contribution in [1.82, 2.24) is 9.97 Å². The van der Waals surface area contributed by atoms with Gasteiger partial charge in [0.1, 0.15) is 5.75 Å². The maximum absolute atomic E-state index is 11.2. The van der Waals surface area contributed by atoms with Crippen LogP contribution in [0.2, 0.25) is 5.15 Å². The summed E-state index contributed by atoms with van der Waals surface area (Å²) >= 11 is 5.68. The van der Waals surface area contributed by atoms with Crippen LogP contribution < -0.4 is 4.74 Å². The molecular formula is C12H9ClN2O3. The lowest BCUT2D eigenvalue weighted by Gasteiger charge is -2.05. The smallest absolute Gasteiger partial charge is 0.337 e. The third-order valence-electron chi connectivity index (χ3n) is 2.08. The molecule has 0 aliphatic carbocycles. The predicted molar refractivity (Wildman–Crippen MR) is 64.9 cm³/mol. The maximum Gasteiger partial charge on any atom is 0.337 e. The number of carbonyl (C=O) groups excluding carboxylic acids is 1. The summed E-state index contributed by atoms with van der Waals surface area (Å²) in [7, 11) is 1.33. The number of hydrogen-bond donors (Lipinski definition) is 0. The number of nitrogens with zero attached hydrogens (tertiary/aromatic N) is 2. The highest BCUT2D eigenvalue weighted by atomic mass is 35.5. The van der Waals surface area contributed by atoms with Crippen LogP contribution in [-0.2, 0) is 4.74 Å². The number of carbonyl (C=O) groups is 1. The minimum atomic E-state index is -0.399. The molecule has 2 aromatic rings. The SMILES string of the molecule is COC(=O)c1ccc(Oc2cncc(Cl)n2)cc1. The Morgan fingerprint density at radius 1 is 1.22 bits per heavy atom. The Kier molecular flexibility index (Phi) is 3.74. The van der Waals surface area contributed by atoms with Crippen LogP contribution in [0.15, 0.2) is 36.7 Å². The molecule has 0 radical (unpaired) electrons. The number of esters is 1. The van der Waals surface area contributed by atoms with E-state index in [0.717, 1.165) is 0 Å². The molecule has 1 heterocycles. The predicted octanol–water partition coefficient (Wildman–Crippen LogP) is 2.71. The summed E-state index contributed by atoms with van der Waals surface area (Å²) in [4.78, 5) is 19.0. The van der Waals surface area contributed by atoms with Gasteiger partial charge >= 0.3 is 5.97 Å². The molecule has 0 fully saturated rings. The van der Waals surface area contributed by atoms with Crippen molar-refractivity contribution in [3.8, 4) is 11.6 Å². The van der Waals surface area contributed by atoms with Crippen LogP contribution in [-0.4, -0.2) is 23.0 Å². The molecule has 92 valence electrons. The standard InChI is InChI=1S/C12H9ClN2O3/c1-17-12(16)8-2-4-9(5-3-8)18-11-7-14-6-10(13)15-11/h2-7H,1H3. The first-order chi connectivity index (χ1) is 8.69. The molecule has 5 nitrogen and oxygen atoms in total. The minimum absolute atomic E-state index is 0.249. The molecule has 1 aromatic carbocycles. The summed E-state index contributed by atoms with van der Waals surface area (Å²) in [5.41, 5.74) is 0.446. The van der Waals surface area contributed by atoms with Crippen molar-refractivity contribution >= 4 is 17.6 Å². The van der Waals surface area contributed by atoms with Crippen molar-refractivity contribution in [3.05, 3.63) is 47.4 Å². The van der Waals surface area contributed by atoms with Crippen molar-refractivity contribution in [3.63, 3.8) is 0 Å². The van der Waals surface area contributed by atoms with Gasteiger partial charge in [0, 0.05) is 0 Å². The van der Waals surface area contributed by atoms with Crippen molar-refractivity contribution in [2.45, 2.75) is 0 Å². The van der Waals surface area contributed by atoms with E-state index in [1.807, 2.05) is 0 Å². The Morgan fingerprint density at radius 3 is 2.56 bits per heavy atom. The zero-order valence-electron chi connectivity index (χ0n) is 9.46. The Labute approximate surface area is 108 Å². The first-order valence-electron chi connectivity index (χ1n) is 5.03. The van der Waals surface area contributed by atoms with E-state index in [0.29, 0.717) is 11.3 Å². The number of benzene rings is 1. The Balaban J connectivity index is 2.13. The molecule has 0 saturated carbocycles. The van der Waals surface area contributed by atoms with E-state index in [1.165, 1.54) is 19.5 Å². The van der Waals surface area contributed by atoms with Gasteiger partial charge in [0.05, 0.1) is 25.1 Å². The zero-order valence-corrected chi connectivity index (χ0v) is 10.2. The van der Waals surface area contributed by atoms with Gasteiger partial charge in [-0.1, -0.05) is 11.6 Å². The second kappa shape index (κ2) is 5.46. The van der Waals surface area contributed by atoms with Crippen molar-refractivity contribution in [2.75, 3.05) is 7.11 Å². The summed E-state index contributed by atoms with van der Waals surface area (Å²) in [5.74, 6) is 0.414. The number of halogens is 1. The molecule has 0 saturated heterocycles. The summed E-state index contributed by atoms with van der Waals surface area (Å²) in [6.07, 6.45) is 2.86. The van der Waals surface area contributed by atoms with E-state index >= 15 is 0 Å². The number of ether oxygens (including phenoxy) is 2. The summed E-state index contributed by atoms with van der Waals surface area (Å²) < 4.78 is 10.0. The quantitative estimate of drug-likeness (QED) is 0.798. The number of rotatable bonds is 3. The van der Waals surface area contributed by atoms with E-state index < -0.39 is 5.97 Å². The Morgan fingerprint density at radius 2 is 1.94 bits per heavy atom. The van der Waals surface area contributed by atoms with E-state index in [-0.39, 0.29) is 11.0 Å². The fraction of sp³-hybridized carbons (Fsp3) is 0.0833. The molecule has 0 spiro atoms. The molecule has 0 bridgehead atoms. The third-order valence-corrected chi connectivity index (χ3v) is 2.26. The fourth-order valence-corrected chi connectivity index (χ4v) is 1.41. The average molecular weight is 265 g/mol. The molecule has 0 unspecified atom stereocenters. The lowest BCUT2D eigenvalue weighted by Crippen LogP contribution is -2.00. The van der Waals surface area contributed by atoms with Gasteiger partial charge in [-0.25, -0.2) is 4.79 Å². The van der Waals surface area contributed by atoms with Gasteiger partial charge in [-0.05, 0) is 24.3 Å². The van der Waals surface area contributed by atoms with Crippen LogP contribution in [0, 0.1) is 0 Å². The second-order valence-electron chi connectivity index (χ2n) is 3.30. The molecule has 2 rings (SSSR count). The molecule has 0 N–H and O–H groups in total. The molecule has 18 heavy (non-hydrogen) atoms. The van der Waals surface area contributed by atoms with Crippen LogP contribution in [0.4, 0.5) is 0 Å². The lowest BCUT2D eigenvalue weighted by atomic mass is 10.2. The summed E-state index contributed by atoms with van der Waals surface area (Å²) in [5, 5.41) is 0.249. The lowest BCUT2D eigenvalue weighted by molar-refractivity contribution is 0.0600. The second-order valence-corrected chi connectivity index (χ2v) is 3.69. The van der Waals surface area contributed by atoms with Gasteiger partial charge in [0.25, 0.3) is 0 Å². The Hall–Kier alpha value is -2.14. The zero-order chi connectivity index (χ0) is 13.0. The minimum Gasteiger partial charge on any atom is -0.465 e. The van der Waals surface area contributed by atoms with Gasteiger partial charge in [-0.3, -0.25) is 4.98 Å². The maximum atomic E-state index is 11.2. The van der Waals surface area contributed by atoms with Gasteiger partial charge in [-0.15, -0.1) is 0 Å². The van der Waals surface area contributed by atoms with Crippen LogP contribution in [0.5, 0.6) is 11.6 Å². The van der Waals surface area contributed by atoms with Crippen molar-refractivity contribution < 1.29 is 14.3 Å². The number of aromatic nitrogens is 2. The molecular weight excluding hydrogens is 256 g/mol. The topological polar surface area (TPSA) is 61.3 Å². The highest BCUT2D eigenvalue weighted by Crippen LogP contribution is 2.20. The van der Waals surface area contributed by atoms with Gasteiger partial charge in [0.2, 0.25) is 5.88 Å². The summed E-state index contributed by atoms with van der Waals surface area (Å²) in [6, 6.07) is 6.46. The largest absolute Gasteiger partial charge is 0.465 e. The molecule has 6 heteroatoms. The third kappa shape index (κ3) is 2.95. The molecule has 0 aliphatic heterocycles. The van der Waals surface area contributed by atoms with Gasteiger partial charge in [-0.2, -0.15) is 4.98 Å². The first kappa shape index (κ1) is 12.3. The molecule has 1 aromatic heterocycles. The number of hydrogen-bond acceptors (Lipinski definition) is 5. The fourth-order valence-electron chi connectivity index (χ4n) is 1.27. The van der Waals surface area contributed by atoms with Crippen molar-refractivity contribution in [2.24, 2.45) is 0 Å². The molecule has 0 aliphatic rings. The highest BCUT2D eigenvalue weighted by molar-refractivity contribution is 6.29. The van der Waals surface area contributed by atoms with Crippen molar-refractivity contribution in [1.29, 1.82) is 0 Å². The monoisotopic (exact) mass is 264 g/mol. The van der Waals surface area contributed by atoms with Crippen LogP contribution >= 0.6 is 11.6 Å². The van der Waals surface area contributed by atoms with E-state index in [4.69, 9.17) is 16.3 Å². The highest BCUT2D eigenvalue weighted by Gasteiger charge is 2.05. The van der Waals surface area contributed by atoms with E-state index in [1.54, 1.807) is 24.3 Å². The average Bonchev–Trinajstić information content (AvgIpc) is 2.39. The van der Waals surface area contributed by atoms with Crippen LogP contribution in [0.25, 0.3) is 0 Å². The Bertz CT molecular complexity index is 558. The molecule has 0 amide bonds. The summed E-state index contributed by atoms with van der Waals surface area (Å²) in [6.45, 7) is 0. The van der Waals surface area contributed by atoms with E-state index in [9.17, 15) is 4.79 Å². The first-order valence-corrected chi connectivity index (χ1v) is 5.40. The van der Waals surface area contributed by atoms with Gasteiger partial charge in [0.15, 0.2) is 5.15 Å². The van der Waals surface area contributed by atoms with E-state index in [2.05, 4.69) is 14.7 Å².